The summed E-state index contributed by atoms with van der Waals surface area (Å²) in [5.41, 5.74) is 0.411. The van der Waals surface area contributed by atoms with Gasteiger partial charge in [-0.2, -0.15) is 0 Å². The normalized spacial score (nSPS) is 16.1. The first-order valence-corrected chi connectivity index (χ1v) is 4.74. The van der Waals surface area contributed by atoms with Crippen LogP contribution in [-0.4, -0.2) is 28.3 Å². The van der Waals surface area contributed by atoms with Crippen molar-refractivity contribution in [1.29, 1.82) is 0 Å². The van der Waals surface area contributed by atoms with Crippen LogP contribution in [0.15, 0.2) is 18.3 Å². The number of hydrogen-bond donors (Lipinski definition) is 2. The maximum absolute atomic E-state index is 8.93. The summed E-state index contributed by atoms with van der Waals surface area (Å²) in [6.45, 7) is 0. The molecule has 0 spiro atoms. The van der Waals surface area contributed by atoms with Crippen LogP contribution in [0.2, 0.25) is 0 Å². The second-order valence-electron chi connectivity index (χ2n) is 3.47. The molecule has 0 atom stereocenters. The zero-order chi connectivity index (χ0) is 9.97. The summed E-state index contributed by atoms with van der Waals surface area (Å²) in [7, 11) is -1.46. The van der Waals surface area contributed by atoms with Crippen LogP contribution in [0.5, 0.6) is 5.88 Å². The zero-order valence-corrected chi connectivity index (χ0v) is 7.76. The van der Waals surface area contributed by atoms with Gasteiger partial charge in [-0.05, 0) is 30.8 Å². The van der Waals surface area contributed by atoms with Crippen LogP contribution in [0.4, 0.5) is 0 Å². The molecule has 5 heteroatoms. The van der Waals surface area contributed by atoms with Gasteiger partial charge in [-0.25, -0.2) is 4.98 Å². The minimum Gasteiger partial charge on any atom is -0.474 e. The van der Waals surface area contributed by atoms with E-state index in [2.05, 4.69) is 4.98 Å². The second-order valence-corrected chi connectivity index (χ2v) is 3.47. The highest BCUT2D eigenvalue weighted by Gasteiger charge is 2.20. The molecule has 0 unspecified atom stereocenters. The van der Waals surface area contributed by atoms with Crippen molar-refractivity contribution in [2.45, 2.75) is 25.4 Å². The summed E-state index contributed by atoms with van der Waals surface area (Å²) in [6, 6.07) is 3.11. The summed E-state index contributed by atoms with van der Waals surface area (Å²) in [5.74, 6) is 0.473. The van der Waals surface area contributed by atoms with Crippen molar-refractivity contribution in [3.8, 4) is 5.88 Å². The summed E-state index contributed by atoms with van der Waals surface area (Å²) in [6.07, 6.45) is 5.10. The fraction of sp³-hybridized carbons (Fsp3) is 0.444. The molecule has 0 bridgehead atoms. The Hall–Kier alpha value is -1.07. The van der Waals surface area contributed by atoms with E-state index in [4.69, 9.17) is 14.8 Å². The van der Waals surface area contributed by atoms with Crippen LogP contribution in [0.25, 0.3) is 0 Å². The lowest BCUT2D eigenvalue weighted by molar-refractivity contribution is 0.115. The Bertz CT molecular complexity index is 315. The monoisotopic (exact) mass is 193 g/mol. The molecule has 0 aromatic carbocycles. The summed E-state index contributed by atoms with van der Waals surface area (Å²) < 4.78 is 5.51. The number of pyridine rings is 1. The third-order valence-corrected chi connectivity index (χ3v) is 2.40. The van der Waals surface area contributed by atoms with Crippen molar-refractivity contribution in [2.24, 2.45) is 0 Å². The molecule has 0 saturated heterocycles. The molecule has 2 rings (SSSR count). The molecular formula is C9H12BNO3. The van der Waals surface area contributed by atoms with Gasteiger partial charge >= 0.3 is 7.12 Å². The molecule has 2 N–H and O–H groups in total. The zero-order valence-electron chi connectivity index (χ0n) is 7.76. The minimum atomic E-state index is -1.46. The standard InChI is InChI=1S/C9H12BNO3/c12-10(13)7-4-5-11-9(6-7)14-8-2-1-3-8/h4-6,8,12-13H,1-3H2. The van der Waals surface area contributed by atoms with Crippen LogP contribution in [-0.2, 0) is 0 Å². The highest BCUT2D eigenvalue weighted by molar-refractivity contribution is 6.58. The molecule has 1 aromatic rings. The first-order valence-electron chi connectivity index (χ1n) is 4.74. The first-order chi connectivity index (χ1) is 6.75. The molecule has 1 aromatic heterocycles. The van der Waals surface area contributed by atoms with Crippen molar-refractivity contribution in [2.75, 3.05) is 0 Å². The van der Waals surface area contributed by atoms with E-state index < -0.39 is 7.12 Å². The fourth-order valence-electron chi connectivity index (χ4n) is 1.31. The van der Waals surface area contributed by atoms with Crippen LogP contribution < -0.4 is 10.2 Å². The van der Waals surface area contributed by atoms with Crippen LogP contribution in [0.3, 0.4) is 0 Å². The van der Waals surface area contributed by atoms with Gasteiger partial charge in [-0.1, -0.05) is 0 Å². The molecule has 1 fully saturated rings. The average Bonchev–Trinajstić information content (AvgIpc) is 2.12. The van der Waals surface area contributed by atoms with Crippen LogP contribution >= 0.6 is 0 Å². The van der Waals surface area contributed by atoms with Crippen molar-refractivity contribution in [3.63, 3.8) is 0 Å². The number of hydrogen-bond acceptors (Lipinski definition) is 4. The lowest BCUT2D eigenvalue weighted by Gasteiger charge is -2.25. The van der Waals surface area contributed by atoms with Gasteiger partial charge in [0, 0.05) is 12.3 Å². The van der Waals surface area contributed by atoms with Crippen molar-refractivity contribution in [3.05, 3.63) is 18.3 Å². The van der Waals surface area contributed by atoms with E-state index >= 15 is 0 Å². The average molecular weight is 193 g/mol. The quantitative estimate of drug-likeness (QED) is 0.646. The molecule has 1 aliphatic carbocycles. The molecule has 1 heterocycles. The SMILES string of the molecule is OB(O)c1ccnc(OC2CCC2)c1. The van der Waals surface area contributed by atoms with E-state index in [-0.39, 0.29) is 6.10 Å². The van der Waals surface area contributed by atoms with E-state index in [1.807, 2.05) is 0 Å². The Morgan fingerprint density at radius 2 is 2.21 bits per heavy atom. The van der Waals surface area contributed by atoms with Gasteiger partial charge in [0.05, 0.1) is 0 Å². The van der Waals surface area contributed by atoms with Crippen LogP contribution in [0.1, 0.15) is 19.3 Å². The van der Waals surface area contributed by atoms with Crippen molar-refractivity contribution < 1.29 is 14.8 Å². The lowest BCUT2D eigenvalue weighted by Crippen LogP contribution is -2.31. The van der Waals surface area contributed by atoms with Crippen LogP contribution in [0, 0.1) is 0 Å². The smallest absolute Gasteiger partial charge is 0.474 e. The van der Waals surface area contributed by atoms with Gasteiger partial charge in [0.25, 0.3) is 0 Å². The Kier molecular flexibility index (Phi) is 2.70. The second kappa shape index (κ2) is 3.98. The molecule has 1 aliphatic rings. The maximum Gasteiger partial charge on any atom is 0.488 e. The number of rotatable bonds is 3. The van der Waals surface area contributed by atoms with Gasteiger partial charge < -0.3 is 14.8 Å². The van der Waals surface area contributed by atoms with E-state index in [9.17, 15) is 0 Å². The van der Waals surface area contributed by atoms with E-state index in [0.717, 1.165) is 12.8 Å². The van der Waals surface area contributed by atoms with Crippen molar-refractivity contribution in [1.82, 2.24) is 4.98 Å². The Morgan fingerprint density at radius 1 is 1.43 bits per heavy atom. The molecule has 74 valence electrons. The third kappa shape index (κ3) is 2.05. The largest absolute Gasteiger partial charge is 0.488 e. The van der Waals surface area contributed by atoms with E-state index in [1.165, 1.54) is 12.6 Å². The lowest BCUT2D eigenvalue weighted by atomic mass is 9.81. The molecule has 0 amide bonds. The highest BCUT2D eigenvalue weighted by Crippen LogP contribution is 2.23. The number of ether oxygens (including phenoxy) is 1. The molecule has 4 nitrogen and oxygen atoms in total. The van der Waals surface area contributed by atoms with Gasteiger partial charge in [-0.15, -0.1) is 0 Å². The molecule has 1 saturated carbocycles. The summed E-state index contributed by atoms with van der Waals surface area (Å²) in [4.78, 5) is 4.00. The third-order valence-electron chi connectivity index (χ3n) is 2.40. The minimum absolute atomic E-state index is 0.258. The number of aromatic nitrogens is 1. The Labute approximate surface area is 82.7 Å². The molecule has 14 heavy (non-hydrogen) atoms. The van der Waals surface area contributed by atoms with E-state index in [1.54, 1.807) is 12.1 Å². The van der Waals surface area contributed by atoms with Gasteiger partial charge in [0.2, 0.25) is 5.88 Å². The molecule has 0 radical (unpaired) electrons. The number of nitrogens with zero attached hydrogens (tertiary/aromatic N) is 1. The predicted molar refractivity (Wildman–Crippen MR) is 52.3 cm³/mol. The Morgan fingerprint density at radius 3 is 2.79 bits per heavy atom. The summed E-state index contributed by atoms with van der Waals surface area (Å²) in [5, 5.41) is 17.9. The first kappa shape index (κ1) is 9.49. The van der Waals surface area contributed by atoms with Crippen molar-refractivity contribution >= 4 is 12.6 Å². The highest BCUT2D eigenvalue weighted by atomic mass is 16.5. The van der Waals surface area contributed by atoms with Gasteiger partial charge in [0.1, 0.15) is 6.10 Å². The van der Waals surface area contributed by atoms with Gasteiger partial charge in [-0.3, -0.25) is 0 Å². The summed E-state index contributed by atoms with van der Waals surface area (Å²) >= 11 is 0. The van der Waals surface area contributed by atoms with Gasteiger partial charge in [0.15, 0.2) is 0 Å². The predicted octanol–water partition coefficient (Wildman–Crippen LogP) is -0.307. The fourth-order valence-corrected chi connectivity index (χ4v) is 1.31. The topological polar surface area (TPSA) is 62.6 Å². The van der Waals surface area contributed by atoms with E-state index in [0.29, 0.717) is 11.3 Å². The Balaban J connectivity index is 2.05. The molecular weight excluding hydrogens is 181 g/mol. The molecule has 0 aliphatic heterocycles. The maximum atomic E-state index is 8.93.